The highest BCUT2D eigenvalue weighted by molar-refractivity contribution is 7.80. The average molecular weight is 333 g/mol. The molecule has 22 heavy (non-hydrogen) atoms. The van der Waals surface area contributed by atoms with Gasteiger partial charge in [0.25, 0.3) is 0 Å². The predicted molar refractivity (Wildman–Crippen MR) is 101 cm³/mol. The van der Waals surface area contributed by atoms with Crippen LogP contribution in [-0.4, -0.2) is 5.11 Å². The minimum atomic E-state index is 0.486. The highest BCUT2D eigenvalue weighted by atomic mass is 35.5. The van der Waals surface area contributed by atoms with E-state index in [0.29, 0.717) is 16.1 Å². The van der Waals surface area contributed by atoms with Crippen LogP contribution in [0.2, 0.25) is 5.02 Å². The van der Waals surface area contributed by atoms with E-state index < -0.39 is 0 Å². The molecular formula is C18H21ClN2S. The topological polar surface area (TPSA) is 24.1 Å². The lowest BCUT2D eigenvalue weighted by atomic mass is 9.97. The standard InChI is InChI=1S/C18H21ClN2S/c1-4-12(2)15-7-5-6-8-16(15)20-18(22)21-17-11-14(19)10-9-13(17)3/h5-12H,4H2,1-3H3,(H2,20,21,22). The van der Waals surface area contributed by atoms with Crippen LogP contribution in [0, 0.1) is 6.92 Å². The Morgan fingerprint density at radius 1 is 1.14 bits per heavy atom. The van der Waals surface area contributed by atoms with Crippen molar-refractivity contribution in [2.75, 3.05) is 10.6 Å². The van der Waals surface area contributed by atoms with Crippen LogP contribution in [0.4, 0.5) is 11.4 Å². The summed E-state index contributed by atoms with van der Waals surface area (Å²) in [6.07, 6.45) is 1.09. The van der Waals surface area contributed by atoms with Crippen LogP contribution in [0.5, 0.6) is 0 Å². The summed E-state index contributed by atoms with van der Waals surface area (Å²) in [7, 11) is 0. The van der Waals surface area contributed by atoms with Gasteiger partial charge in [0.05, 0.1) is 0 Å². The minimum Gasteiger partial charge on any atom is -0.332 e. The van der Waals surface area contributed by atoms with E-state index in [1.54, 1.807) is 0 Å². The summed E-state index contributed by atoms with van der Waals surface area (Å²) in [6, 6.07) is 14.0. The average Bonchev–Trinajstić information content (AvgIpc) is 2.50. The fourth-order valence-electron chi connectivity index (χ4n) is 2.27. The van der Waals surface area contributed by atoms with Gasteiger partial charge in [-0.1, -0.05) is 49.7 Å². The van der Waals surface area contributed by atoms with Gasteiger partial charge in [-0.2, -0.15) is 0 Å². The molecule has 0 aromatic heterocycles. The fraction of sp³-hybridized carbons (Fsp3) is 0.278. The molecule has 0 spiro atoms. The number of thiocarbonyl (C=S) groups is 1. The largest absolute Gasteiger partial charge is 0.332 e. The Balaban J connectivity index is 2.14. The maximum atomic E-state index is 6.04. The summed E-state index contributed by atoms with van der Waals surface area (Å²) in [4.78, 5) is 0. The van der Waals surface area contributed by atoms with Crippen molar-refractivity contribution in [3.05, 3.63) is 58.6 Å². The number of para-hydroxylation sites is 1. The molecule has 0 bridgehead atoms. The highest BCUT2D eigenvalue weighted by Gasteiger charge is 2.10. The molecule has 2 aromatic carbocycles. The lowest BCUT2D eigenvalue weighted by molar-refractivity contribution is 0.736. The zero-order valence-corrected chi connectivity index (χ0v) is 14.7. The molecule has 0 saturated heterocycles. The smallest absolute Gasteiger partial charge is 0.175 e. The Morgan fingerprint density at radius 2 is 1.82 bits per heavy atom. The third-order valence-electron chi connectivity index (χ3n) is 3.80. The van der Waals surface area contributed by atoms with Gasteiger partial charge in [-0.25, -0.2) is 0 Å². The van der Waals surface area contributed by atoms with Crippen LogP contribution in [0.3, 0.4) is 0 Å². The molecule has 2 aromatic rings. The van der Waals surface area contributed by atoms with E-state index in [-0.39, 0.29) is 0 Å². The Hall–Kier alpha value is -1.58. The molecule has 1 unspecified atom stereocenters. The Bertz CT molecular complexity index is 670. The molecule has 116 valence electrons. The lowest BCUT2D eigenvalue weighted by Gasteiger charge is -2.18. The second-order valence-electron chi connectivity index (χ2n) is 5.43. The van der Waals surface area contributed by atoms with Crippen molar-refractivity contribution in [3.8, 4) is 0 Å². The molecule has 1 atom stereocenters. The molecule has 0 aliphatic carbocycles. The number of nitrogens with one attached hydrogen (secondary N) is 2. The van der Waals surface area contributed by atoms with Crippen molar-refractivity contribution in [3.63, 3.8) is 0 Å². The second kappa shape index (κ2) is 7.61. The summed E-state index contributed by atoms with van der Waals surface area (Å²) in [6.45, 7) is 6.43. The van der Waals surface area contributed by atoms with Crippen LogP contribution in [0.1, 0.15) is 37.3 Å². The SMILES string of the molecule is CCC(C)c1ccccc1NC(=S)Nc1cc(Cl)ccc1C. The number of anilines is 2. The van der Waals surface area contributed by atoms with Crippen molar-refractivity contribution in [1.29, 1.82) is 0 Å². The monoisotopic (exact) mass is 332 g/mol. The van der Waals surface area contributed by atoms with Gasteiger partial charge in [0.2, 0.25) is 0 Å². The number of hydrogen-bond acceptors (Lipinski definition) is 1. The second-order valence-corrected chi connectivity index (χ2v) is 6.28. The van der Waals surface area contributed by atoms with Crippen molar-refractivity contribution in [2.24, 2.45) is 0 Å². The molecular weight excluding hydrogens is 312 g/mol. The molecule has 2 rings (SSSR count). The zero-order valence-electron chi connectivity index (χ0n) is 13.1. The van der Waals surface area contributed by atoms with Crippen molar-refractivity contribution < 1.29 is 0 Å². The molecule has 4 heteroatoms. The molecule has 0 radical (unpaired) electrons. The Morgan fingerprint density at radius 3 is 2.55 bits per heavy atom. The van der Waals surface area contributed by atoms with E-state index in [1.807, 2.05) is 31.2 Å². The van der Waals surface area contributed by atoms with Gasteiger partial charge in [-0.15, -0.1) is 0 Å². The van der Waals surface area contributed by atoms with Gasteiger partial charge in [0.15, 0.2) is 5.11 Å². The predicted octanol–water partition coefficient (Wildman–Crippen LogP) is 5.97. The van der Waals surface area contributed by atoms with Crippen LogP contribution < -0.4 is 10.6 Å². The van der Waals surface area contributed by atoms with Gasteiger partial charge in [-0.3, -0.25) is 0 Å². The van der Waals surface area contributed by atoms with Gasteiger partial charge >= 0.3 is 0 Å². The van der Waals surface area contributed by atoms with Crippen LogP contribution in [0.15, 0.2) is 42.5 Å². The number of aryl methyl sites for hydroxylation is 1. The van der Waals surface area contributed by atoms with E-state index in [0.717, 1.165) is 23.4 Å². The molecule has 0 aliphatic rings. The number of benzene rings is 2. The summed E-state index contributed by atoms with van der Waals surface area (Å²) in [5.41, 5.74) is 4.35. The molecule has 0 amide bonds. The molecule has 0 heterocycles. The number of halogens is 1. The summed E-state index contributed by atoms with van der Waals surface area (Å²) in [5.74, 6) is 0.486. The number of hydrogen-bond donors (Lipinski definition) is 2. The third-order valence-corrected chi connectivity index (χ3v) is 4.24. The van der Waals surface area contributed by atoms with Gasteiger partial charge < -0.3 is 10.6 Å². The maximum absolute atomic E-state index is 6.04. The van der Waals surface area contributed by atoms with Crippen molar-refractivity contribution >= 4 is 40.3 Å². The quantitative estimate of drug-likeness (QED) is 0.674. The van der Waals surface area contributed by atoms with E-state index in [2.05, 4.69) is 42.7 Å². The van der Waals surface area contributed by atoms with E-state index in [1.165, 1.54) is 5.56 Å². The van der Waals surface area contributed by atoms with Gasteiger partial charge in [0, 0.05) is 16.4 Å². The van der Waals surface area contributed by atoms with Crippen molar-refractivity contribution in [1.82, 2.24) is 0 Å². The van der Waals surface area contributed by atoms with Crippen LogP contribution in [0.25, 0.3) is 0 Å². The zero-order chi connectivity index (χ0) is 16.1. The first kappa shape index (κ1) is 16.8. The summed E-state index contributed by atoms with van der Waals surface area (Å²) in [5, 5.41) is 7.78. The first-order valence-electron chi connectivity index (χ1n) is 7.44. The highest BCUT2D eigenvalue weighted by Crippen LogP contribution is 2.27. The maximum Gasteiger partial charge on any atom is 0.175 e. The lowest BCUT2D eigenvalue weighted by Crippen LogP contribution is -2.20. The number of rotatable bonds is 4. The summed E-state index contributed by atoms with van der Waals surface area (Å²) >= 11 is 11.5. The molecule has 0 saturated carbocycles. The molecule has 2 N–H and O–H groups in total. The molecule has 0 fully saturated rings. The molecule has 2 nitrogen and oxygen atoms in total. The van der Waals surface area contributed by atoms with Crippen LogP contribution in [-0.2, 0) is 0 Å². The normalized spacial score (nSPS) is 11.8. The van der Waals surface area contributed by atoms with Crippen molar-refractivity contribution in [2.45, 2.75) is 33.1 Å². The Labute approximate surface area is 142 Å². The minimum absolute atomic E-state index is 0.486. The van der Waals surface area contributed by atoms with Crippen LogP contribution >= 0.6 is 23.8 Å². The first-order valence-corrected chi connectivity index (χ1v) is 8.23. The van der Waals surface area contributed by atoms with Gasteiger partial charge in [0.1, 0.15) is 0 Å². The third kappa shape index (κ3) is 4.21. The van der Waals surface area contributed by atoms with E-state index >= 15 is 0 Å². The Kier molecular flexibility index (Phi) is 5.81. The van der Waals surface area contributed by atoms with Gasteiger partial charge in [-0.05, 0) is 60.8 Å². The van der Waals surface area contributed by atoms with E-state index in [9.17, 15) is 0 Å². The summed E-state index contributed by atoms with van der Waals surface area (Å²) < 4.78 is 0. The fourth-order valence-corrected chi connectivity index (χ4v) is 2.66. The molecule has 0 aliphatic heterocycles. The van der Waals surface area contributed by atoms with E-state index in [4.69, 9.17) is 23.8 Å². The first-order chi connectivity index (χ1) is 10.5.